The Kier molecular flexibility index (Phi) is 10.8. The van der Waals surface area contributed by atoms with Gasteiger partial charge in [-0.05, 0) is 52.0 Å². The molecule has 4 amide bonds. The third-order valence-corrected chi connectivity index (χ3v) is 13.0. The lowest BCUT2D eigenvalue weighted by Gasteiger charge is -2.35. The lowest BCUT2D eigenvalue weighted by molar-refractivity contribution is -0.139. The van der Waals surface area contributed by atoms with Gasteiger partial charge in [-0.3, -0.25) is 19.2 Å². The van der Waals surface area contributed by atoms with E-state index >= 15 is 0 Å². The fraction of sp³-hybridized carbons (Fsp3) is 0.524. The third-order valence-electron chi connectivity index (χ3n) is 13.0. The van der Waals surface area contributed by atoms with Crippen LogP contribution >= 0.6 is 0 Å². The number of hydrogen-bond acceptors (Lipinski definition) is 10. The summed E-state index contributed by atoms with van der Waals surface area (Å²) >= 11 is 0. The molecule has 2 aromatic rings. The minimum atomic E-state index is -4.83. The molecule has 2 N–H and O–H groups in total. The molecule has 0 saturated carbocycles. The fourth-order valence-corrected chi connectivity index (χ4v) is 10.4. The number of alkyl halides is 6. The number of imide groups is 2. The summed E-state index contributed by atoms with van der Waals surface area (Å²) in [4.78, 5) is 60.3. The highest BCUT2D eigenvalue weighted by Crippen LogP contribution is 2.63. The number of anilines is 2. The second-order valence-electron chi connectivity index (χ2n) is 16.9. The first-order valence-corrected chi connectivity index (χ1v) is 19.3. The molecular weight excluding hydrogens is 834 g/mol. The molecule has 0 aromatic heterocycles. The summed E-state index contributed by atoms with van der Waals surface area (Å²) < 4.78 is 104. The summed E-state index contributed by atoms with van der Waals surface area (Å²) in [5.41, 5.74) is -8.44. The monoisotopic (exact) mass is 874 g/mol. The molecule has 4 bridgehead atoms. The van der Waals surface area contributed by atoms with Gasteiger partial charge in [0.25, 0.3) is 0 Å². The van der Waals surface area contributed by atoms with Gasteiger partial charge in [-0.15, -0.1) is 6.58 Å². The van der Waals surface area contributed by atoms with Gasteiger partial charge in [0.2, 0.25) is 23.6 Å². The smallest absolute Gasteiger partial charge is 0.394 e. The summed E-state index contributed by atoms with van der Waals surface area (Å²) in [5.74, 6) is -6.15. The van der Waals surface area contributed by atoms with E-state index in [-0.39, 0.29) is 31.0 Å². The van der Waals surface area contributed by atoms with Crippen molar-refractivity contribution in [1.29, 1.82) is 0 Å². The van der Waals surface area contributed by atoms with Crippen molar-refractivity contribution in [2.75, 3.05) is 29.6 Å². The quantitative estimate of drug-likeness (QED) is 0.134. The molecule has 0 aliphatic carbocycles. The zero-order valence-corrected chi connectivity index (χ0v) is 33.5. The number of fused-ring (bicyclic) bond motifs is 10. The average molecular weight is 875 g/mol. The number of amides is 4. The standard InChI is InChI=1S/C21H21F3N2O6.C21H19F3N2O4/c1-19-7-14(31-9-11(28)8-27)20(2,32-19)16-15(19)17(29)26(18(16)30)10-4-5-13(25-3)12(6-10)21(22,23)24;1-5-8-29-14-10-19(2)15-16(20(14,3)30-19)18(28)26(17(15)27)11-6-7-13(25-4)12(9-11)21(22,23)24/h4-6,11,14-16,27-28H,7-9H2,1-2H3;5-7,9,14-16H,1,8,10H2,2-3H3/t11?,14-,15+,16-,19?,20?;14-,15+,16-,19?,20?/m00/s1. The molecule has 8 rings (SSSR count). The van der Waals surface area contributed by atoms with E-state index in [4.69, 9.17) is 37.2 Å². The van der Waals surface area contributed by atoms with Crippen LogP contribution in [0.5, 0.6) is 0 Å². The Morgan fingerprint density at radius 1 is 0.758 bits per heavy atom. The number of nitrogens with zero attached hydrogens (tertiary/aromatic N) is 4. The number of carbonyl (C=O) groups is 4. The highest BCUT2D eigenvalue weighted by atomic mass is 19.4. The lowest BCUT2D eigenvalue weighted by Crippen LogP contribution is -2.50. The van der Waals surface area contributed by atoms with Crippen molar-refractivity contribution in [3.05, 3.63) is 83.0 Å². The topological polar surface area (TPSA) is 161 Å². The Morgan fingerprint density at radius 3 is 1.50 bits per heavy atom. The van der Waals surface area contributed by atoms with E-state index in [9.17, 15) is 50.6 Å². The molecule has 0 radical (unpaired) electrons. The Hall–Kier alpha value is -5.22. The zero-order chi connectivity index (χ0) is 45.7. The van der Waals surface area contributed by atoms with Gasteiger partial charge in [-0.1, -0.05) is 18.2 Å². The van der Waals surface area contributed by atoms with E-state index in [2.05, 4.69) is 16.3 Å². The normalized spacial score (nSPS) is 34.8. The van der Waals surface area contributed by atoms with Crippen molar-refractivity contribution in [3.8, 4) is 0 Å². The van der Waals surface area contributed by atoms with Crippen molar-refractivity contribution in [2.45, 2.75) is 93.6 Å². The molecule has 20 heteroatoms. The molecule has 0 spiro atoms. The van der Waals surface area contributed by atoms with E-state index in [1.165, 1.54) is 6.07 Å². The van der Waals surface area contributed by atoms with Crippen LogP contribution in [-0.4, -0.2) is 94.4 Å². The number of halogens is 6. The first-order valence-electron chi connectivity index (χ1n) is 19.3. The molecule has 6 aliphatic rings. The van der Waals surface area contributed by atoms with E-state index in [0.717, 1.165) is 28.0 Å². The lowest BCUT2D eigenvalue weighted by atomic mass is 9.67. The van der Waals surface area contributed by atoms with Crippen LogP contribution in [0.25, 0.3) is 9.69 Å². The van der Waals surface area contributed by atoms with E-state index in [0.29, 0.717) is 18.6 Å². The molecule has 6 aliphatic heterocycles. The Labute approximate surface area is 350 Å². The maximum atomic E-state index is 13.4. The molecule has 2 aromatic carbocycles. The summed E-state index contributed by atoms with van der Waals surface area (Å²) in [6.07, 6.45) is -9.67. The van der Waals surface area contributed by atoms with Gasteiger partial charge in [-0.2, -0.15) is 26.3 Å². The highest BCUT2D eigenvalue weighted by molar-refractivity contribution is 6.24. The van der Waals surface area contributed by atoms with E-state index in [1.807, 2.05) is 0 Å². The van der Waals surface area contributed by atoms with Crippen LogP contribution in [0.2, 0.25) is 0 Å². The van der Waals surface area contributed by atoms with Crippen molar-refractivity contribution in [2.24, 2.45) is 23.7 Å². The SMILES string of the molecule is [C-]#[N+]c1ccc(N2C(=O)[C@@H]3[C@H](C2=O)C2(C)C[C@H](OCC(O)CO)C3(C)O2)cc1C(F)(F)F.[C-]#[N+]c1ccc(N2C(=O)[C@@H]3[C@H](C2=O)C2(C)C[C@H](OCC=C)C3(C)O2)cc1C(F)(F)F. The van der Waals surface area contributed by atoms with Gasteiger partial charge in [0.1, 0.15) is 17.3 Å². The van der Waals surface area contributed by atoms with Gasteiger partial charge in [0.15, 0.2) is 11.4 Å². The van der Waals surface area contributed by atoms with Gasteiger partial charge in [0, 0.05) is 24.2 Å². The minimum absolute atomic E-state index is 0.200. The first-order chi connectivity index (χ1) is 28.8. The molecule has 6 fully saturated rings. The largest absolute Gasteiger partial charge is 0.407 e. The van der Waals surface area contributed by atoms with Gasteiger partial charge in [-0.25, -0.2) is 19.5 Å². The maximum Gasteiger partial charge on any atom is 0.407 e. The van der Waals surface area contributed by atoms with Crippen LogP contribution in [0, 0.1) is 36.8 Å². The number of carbonyl (C=O) groups excluding carboxylic acids is 4. The predicted molar refractivity (Wildman–Crippen MR) is 202 cm³/mol. The van der Waals surface area contributed by atoms with Crippen molar-refractivity contribution >= 4 is 46.4 Å². The van der Waals surface area contributed by atoms with Crippen molar-refractivity contribution in [1.82, 2.24) is 0 Å². The van der Waals surface area contributed by atoms with Crippen LogP contribution in [0.1, 0.15) is 51.7 Å². The number of ether oxygens (including phenoxy) is 4. The van der Waals surface area contributed by atoms with Crippen LogP contribution in [0.15, 0.2) is 49.1 Å². The predicted octanol–water partition coefficient (Wildman–Crippen LogP) is 5.94. The van der Waals surface area contributed by atoms with Crippen LogP contribution in [0.4, 0.5) is 49.1 Å². The second kappa shape index (κ2) is 15.0. The Bertz CT molecular complexity index is 2350. The number of aliphatic hydroxyl groups excluding tert-OH is 2. The van der Waals surface area contributed by atoms with E-state index < -0.39 is 129 Å². The average Bonchev–Trinajstić information content (AvgIpc) is 3.95. The summed E-state index contributed by atoms with van der Waals surface area (Å²) in [7, 11) is 0. The van der Waals surface area contributed by atoms with Crippen LogP contribution < -0.4 is 9.80 Å². The summed E-state index contributed by atoms with van der Waals surface area (Å²) in [6, 6.07) is 5.59. The number of benzene rings is 2. The van der Waals surface area contributed by atoms with Crippen molar-refractivity contribution in [3.63, 3.8) is 0 Å². The van der Waals surface area contributed by atoms with Crippen LogP contribution in [-0.2, 0) is 50.5 Å². The number of rotatable bonds is 9. The Morgan fingerprint density at radius 2 is 1.15 bits per heavy atom. The Balaban J connectivity index is 0.000000187. The molecule has 6 saturated heterocycles. The molecule has 5 unspecified atom stereocenters. The molecule has 330 valence electrons. The number of hydrogen-bond donors (Lipinski definition) is 2. The van der Waals surface area contributed by atoms with Gasteiger partial charge >= 0.3 is 12.4 Å². The first kappa shape index (κ1) is 44.8. The molecular formula is C42H40F6N4O10. The molecule has 6 heterocycles. The molecule has 14 nitrogen and oxygen atoms in total. The molecule has 11 atom stereocenters. The zero-order valence-electron chi connectivity index (χ0n) is 33.5. The van der Waals surface area contributed by atoms with Crippen molar-refractivity contribution < 1.29 is 74.7 Å². The summed E-state index contributed by atoms with van der Waals surface area (Å²) in [6.45, 7) is 23.7. The fourth-order valence-electron chi connectivity index (χ4n) is 10.4. The summed E-state index contributed by atoms with van der Waals surface area (Å²) in [5, 5.41) is 18.6. The third kappa shape index (κ3) is 6.70. The van der Waals surface area contributed by atoms with Gasteiger partial charge < -0.3 is 29.2 Å². The maximum absolute atomic E-state index is 13.4. The minimum Gasteiger partial charge on any atom is -0.394 e. The molecule has 62 heavy (non-hydrogen) atoms. The highest BCUT2D eigenvalue weighted by Gasteiger charge is 2.77. The van der Waals surface area contributed by atoms with Crippen LogP contribution in [0.3, 0.4) is 0 Å². The van der Waals surface area contributed by atoms with E-state index in [1.54, 1.807) is 33.8 Å². The number of aliphatic hydroxyl groups is 2. The second-order valence-corrected chi connectivity index (χ2v) is 16.9. The van der Waals surface area contributed by atoms with Gasteiger partial charge in [0.05, 0.1) is 91.2 Å².